The molecular formula is C13H30F2NO4PSi3. The molecule has 0 rings (SSSR count). The first kappa shape index (κ1) is 24.1. The zero-order valence-corrected chi connectivity index (χ0v) is 20.0. The van der Waals surface area contributed by atoms with E-state index in [2.05, 4.69) is 0 Å². The highest BCUT2D eigenvalue weighted by atomic mass is 31.2. The van der Waals surface area contributed by atoms with Crippen molar-refractivity contribution < 1.29 is 26.2 Å². The molecule has 0 radical (unpaired) electrons. The van der Waals surface area contributed by atoms with E-state index in [0.29, 0.717) is 0 Å². The van der Waals surface area contributed by atoms with E-state index < -0.39 is 50.7 Å². The Kier molecular flexibility index (Phi) is 7.81. The minimum Gasteiger partial charge on any atom is -0.402 e. The van der Waals surface area contributed by atoms with Crippen molar-refractivity contribution in [3.63, 3.8) is 0 Å². The van der Waals surface area contributed by atoms with Crippen LogP contribution in [0, 0.1) is 11.3 Å². The normalized spacial score (nSPS) is 15.9. The Morgan fingerprint density at radius 2 is 1.33 bits per heavy atom. The molecule has 24 heavy (non-hydrogen) atoms. The highest BCUT2D eigenvalue weighted by molar-refractivity contribution is 7.58. The first-order chi connectivity index (χ1) is 10.3. The quantitative estimate of drug-likeness (QED) is 0.360. The van der Waals surface area contributed by atoms with E-state index in [4.69, 9.17) is 18.1 Å². The van der Waals surface area contributed by atoms with Crippen molar-refractivity contribution in [2.75, 3.05) is 0 Å². The van der Waals surface area contributed by atoms with E-state index in [1.54, 1.807) is 65.0 Å². The Morgan fingerprint density at radius 1 is 0.958 bits per heavy atom. The highest BCUT2D eigenvalue weighted by Crippen LogP contribution is 2.66. The Hall–Kier alpha value is 0.111. The molecule has 11 heteroatoms. The van der Waals surface area contributed by atoms with Crippen LogP contribution in [-0.2, 0) is 17.4 Å². The summed E-state index contributed by atoms with van der Waals surface area (Å²) in [5.74, 6) is 0. The fourth-order valence-electron chi connectivity index (χ4n) is 1.75. The predicted octanol–water partition coefficient (Wildman–Crippen LogP) is 5.61. The van der Waals surface area contributed by atoms with Crippen LogP contribution >= 0.6 is 7.60 Å². The van der Waals surface area contributed by atoms with Gasteiger partial charge in [0.15, 0.2) is 25.0 Å². The molecule has 1 atom stereocenters. The van der Waals surface area contributed by atoms with Gasteiger partial charge in [-0.25, -0.2) is 0 Å². The highest BCUT2D eigenvalue weighted by Gasteiger charge is 2.57. The van der Waals surface area contributed by atoms with Crippen LogP contribution in [-0.4, -0.2) is 36.7 Å². The Balaban J connectivity index is 5.66. The summed E-state index contributed by atoms with van der Waals surface area (Å²) in [6.07, 6.45) is -2.35. The fraction of sp³-hybridized carbons (Fsp3) is 0.923. The lowest BCUT2D eigenvalue weighted by Gasteiger charge is -2.36. The number of hydrogen-bond acceptors (Lipinski definition) is 5. The van der Waals surface area contributed by atoms with E-state index in [1.165, 1.54) is 0 Å². The third-order valence-electron chi connectivity index (χ3n) is 2.26. The molecule has 0 saturated carbocycles. The molecule has 0 heterocycles. The molecule has 0 aromatic rings. The maximum absolute atomic E-state index is 14.9. The van der Waals surface area contributed by atoms with E-state index in [0.717, 1.165) is 0 Å². The Labute approximate surface area is 147 Å². The van der Waals surface area contributed by atoms with Crippen LogP contribution in [0.4, 0.5) is 8.78 Å². The van der Waals surface area contributed by atoms with E-state index in [1.807, 2.05) is 0 Å². The van der Waals surface area contributed by atoms with E-state index in [9.17, 15) is 13.3 Å². The fourth-order valence-corrected chi connectivity index (χ4v) is 10.4. The van der Waals surface area contributed by atoms with Crippen LogP contribution in [0.1, 0.15) is 6.42 Å². The average Bonchev–Trinajstić information content (AvgIpc) is 2.19. The molecule has 0 spiro atoms. The van der Waals surface area contributed by atoms with Crippen molar-refractivity contribution in [2.45, 2.75) is 77.1 Å². The summed E-state index contributed by atoms with van der Waals surface area (Å²) in [5.41, 5.74) is -3.78. The third-order valence-corrected chi connectivity index (χ3v) is 10.5. The number of alkyl halides is 2. The van der Waals surface area contributed by atoms with Crippen molar-refractivity contribution >= 4 is 32.5 Å². The second-order valence-electron chi connectivity index (χ2n) is 8.62. The number of rotatable bonds is 9. The van der Waals surface area contributed by atoms with Crippen LogP contribution in [0.2, 0.25) is 58.9 Å². The maximum atomic E-state index is 14.9. The van der Waals surface area contributed by atoms with Gasteiger partial charge in [0.2, 0.25) is 0 Å². The molecule has 0 aromatic carbocycles. The van der Waals surface area contributed by atoms with Crippen molar-refractivity contribution in [1.82, 2.24) is 0 Å². The molecular weight excluding hydrogens is 387 g/mol. The number of nitriles is 1. The van der Waals surface area contributed by atoms with E-state index in [-0.39, 0.29) is 0 Å². The lowest BCUT2D eigenvalue weighted by molar-refractivity contribution is 0.0254. The van der Waals surface area contributed by atoms with Gasteiger partial charge in [-0.3, -0.25) is 4.57 Å². The number of halogens is 2. The molecule has 5 nitrogen and oxygen atoms in total. The maximum Gasteiger partial charge on any atom is 0.380 e. The second kappa shape index (κ2) is 7.78. The smallest absolute Gasteiger partial charge is 0.380 e. The van der Waals surface area contributed by atoms with Gasteiger partial charge in [0.05, 0.1) is 12.5 Å². The van der Waals surface area contributed by atoms with Crippen LogP contribution < -0.4 is 0 Å². The van der Waals surface area contributed by atoms with Gasteiger partial charge in [0.1, 0.15) is 6.10 Å². The van der Waals surface area contributed by atoms with Crippen LogP contribution in [0.25, 0.3) is 0 Å². The SMILES string of the molecule is C[Si](C)(C)OC(C#N)CC(F)(F)P(=O)(O[Si](C)(C)C)O[Si](C)(C)C. The van der Waals surface area contributed by atoms with Gasteiger partial charge in [-0.05, 0) is 58.9 Å². The van der Waals surface area contributed by atoms with Crippen LogP contribution in [0.5, 0.6) is 0 Å². The third kappa shape index (κ3) is 8.99. The minimum atomic E-state index is -4.72. The van der Waals surface area contributed by atoms with Gasteiger partial charge in [-0.15, -0.1) is 0 Å². The average molecular weight is 418 g/mol. The van der Waals surface area contributed by atoms with Crippen molar-refractivity contribution in [1.29, 1.82) is 5.26 Å². The molecule has 0 aliphatic heterocycles. The van der Waals surface area contributed by atoms with Crippen molar-refractivity contribution in [3.8, 4) is 6.07 Å². The molecule has 0 N–H and O–H groups in total. The lowest BCUT2D eigenvalue weighted by Crippen LogP contribution is -2.39. The van der Waals surface area contributed by atoms with Gasteiger partial charge in [-0.2, -0.15) is 14.0 Å². The number of hydrogen-bond donors (Lipinski definition) is 0. The molecule has 0 aliphatic rings. The standard InChI is InChI=1S/C13H30F2NO4PSi3/c1-22(2,3)18-12(11-16)10-13(14,15)21(17,19-23(4,5)6)20-24(7,8)9/h12H,10H2,1-9H3. The lowest BCUT2D eigenvalue weighted by atomic mass is 10.3. The zero-order chi connectivity index (χ0) is 19.6. The second-order valence-corrected chi connectivity index (χ2v) is 24.6. The predicted molar refractivity (Wildman–Crippen MR) is 99.9 cm³/mol. The molecule has 0 aromatic heterocycles. The summed E-state index contributed by atoms with van der Waals surface area (Å²) >= 11 is 0. The van der Waals surface area contributed by atoms with E-state index >= 15 is 0 Å². The minimum absolute atomic E-state index is 1.000. The largest absolute Gasteiger partial charge is 0.402 e. The van der Waals surface area contributed by atoms with Gasteiger partial charge in [-0.1, -0.05) is 0 Å². The number of nitrogens with zero attached hydrogens (tertiary/aromatic N) is 1. The molecule has 142 valence electrons. The Bertz CT molecular complexity index is 501. The van der Waals surface area contributed by atoms with Crippen molar-refractivity contribution in [2.24, 2.45) is 0 Å². The van der Waals surface area contributed by atoms with Gasteiger partial charge < -0.3 is 12.9 Å². The zero-order valence-electron chi connectivity index (χ0n) is 16.1. The van der Waals surface area contributed by atoms with Crippen LogP contribution in [0.3, 0.4) is 0 Å². The first-order valence-corrected chi connectivity index (χ1v) is 19.5. The summed E-state index contributed by atoms with van der Waals surface area (Å²) in [4.78, 5) is 0. The van der Waals surface area contributed by atoms with Gasteiger partial charge in [0.25, 0.3) is 0 Å². The summed E-state index contributed by atoms with van der Waals surface area (Å²) in [6, 6.07) is 1.74. The van der Waals surface area contributed by atoms with Gasteiger partial charge >= 0.3 is 13.3 Å². The summed E-state index contributed by atoms with van der Waals surface area (Å²) in [7, 11) is -12.1. The Morgan fingerprint density at radius 3 is 1.58 bits per heavy atom. The van der Waals surface area contributed by atoms with Crippen LogP contribution in [0.15, 0.2) is 0 Å². The molecule has 0 amide bonds. The molecule has 0 fully saturated rings. The monoisotopic (exact) mass is 417 g/mol. The summed E-state index contributed by atoms with van der Waals surface area (Å²) < 4.78 is 58.9. The summed E-state index contributed by atoms with van der Waals surface area (Å²) in [5, 5.41) is 9.14. The molecule has 0 saturated heterocycles. The first-order valence-electron chi connectivity index (χ1n) is 7.77. The van der Waals surface area contributed by atoms with Crippen molar-refractivity contribution in [3.05, 3.63) is 0 Å². The molecule has 0 bridgehead atoms. The summed E-state index contributed by atoms with van der Waals surface area (Å²) in [6.45, 7) is 15.4. The molecule has 0 aliphatic carbocycles. The molecule has 1 unspecified atom stereocenters. The topological polar surface area (TPSA) is 68.5 Å². The van der Waals surface area contributed by atoms with Gasteiger partial charge in [0, 0.05) is 0 Å².